The zero-order chi connectivity index (χ0) is 13.4. The SMILES string of the molecule is CCCCCC(CC(=O)O)c1ccc(OC)nc1. The highest BCUT2D eigenvalue weighted by Crippen LogP contribution is 2.26. The summed E-state index contributed by atoms with van der Waals surface area (Å²) >= 11 is 0. The number of unbranched alkanes of at least 4 members (excludes halogenated alkanes) is 2. The molecule has 1 aromatic heterocycles. The predicted molar refractivity (Wildman–Crippen MR) is 69.9 cm³/mol. The fraction of sp³-hybridized carbons (Fsp3) is 0.571. The molecule has 4 nitrogen and oxygen atoms in total. The molecule has 0 saturated carbocycles. The van der Waals surface area contributed by atoms with E-state index in [9.17, 15) is 4.79 Å². The van der Waals surface area contributed by atoms with Crippen LogP contribution in [0.2, 0.25) is 0 Å². The molecule has 0 saturated heterocycles. The largest absolute Gasteiger partial charge is 0.481 e. The maximum absolute atomic E-state index is 10.9. The van der Waals surface area contributed by atoms with E-state index in [0.29, 0.717) is 5.88 Å². The number of methoxy groups -OCH3 is 1. The van der Waals surface area contributed by atoms with Crippen LogP contribution in [0, 0.1) is 0 Å². The van der Waals surface area contributed by atoms with Crippen LogP contribution in [-0.4, -0.2) is 23.2 Å². The molecule has 100 valence electrons. The topological polar surface area (TPSA) is 59.4 Å². The molecule has 1 unspecified atom stereocenters. The van der Waals surface area contributed by atoms with Crippen molar-refractivity contribution in [3.63, 3.8) is 0 Å². The fourth-order valence-corrected chi connectivity index (χ4v) is 1.99. The van der Waals surface area contributed by atoms with Gasteiger partial charge in [0.1, 0.15) is 0 Å². The number of ether oxygens (including phenoxy) is 1. The van der Waals surface area contributed by atoms with Gasteiger partial charge in [-0.25, -0.2) is 4.98 Å². The van der Waals surface area contributed by atoms with Gasteiger partial charge in [0, 0.05) is 12.3 Å². The Bertz CT molecular complexity index is 362. The molecule has 1 rings (SSSR count). The van der Waals surface area contributed by atoms with Crippen LogP contribution in [0.4, 0.5) is 0 Å². The van der Waals surface area contributed by atoms with E-state index in [1.54, 1.807) is 19.4 Å². The van der Waals surface area contributed by atoms with Gasteiger partial charge in [-0.1, -0.05) is 32.3 Å². The fourth-order valence-electron chi connectivity index (χ4n) is 1.99. The minimum absolute atomic E-state index is 0.0486. The lowest BCUT2D eigenvalue weighted by Gasteiger charge is -2.15. The molecule has 0 amide bonds. The van der Waals surface area contributed by atoms with Crippen LogP contribution in [0.3, 0.4) is 0 Å². The molecule has 0 bridgehead atoms. The van der Waals surface area contributed by atoms with Crippen molar-refractivity contribution >= 4 is 5.97 Å². The van der Waals surface area contributed by atoms with Crippen molar-refractivity contribution in [1.82, 2.24) is 4.98 Å². The second-order valence-corrected chi connectivity index (χ2v) is 4.42. The monoisotopic (exact) mass is 251 g/mol. The lowest BCUT2D eigenvalue weighted by molar-refractivity contribution is -0.137. The third-order valence-corrected chi connectivity index (χ3v) is 3.02. The molecule has 0 aliphatic rings. The highest BCUT2D eigenvalue weighted by molar-refractivity contribution is 5.68. The van der Waals surface area contributed by atoms with Crippen LogP contribution in [0.5, 0.6) is 5.88 Å². The molecule has 1 aromatic rings. The normalized spacial score (nSPS) is 12.1. The van der Waals surface area contributed by atoms with Crippen LogP contribution >= 0.6 is 0 Å². The summed E-state index contributed by atoms with van der Waals surface area (Å²) in [5.41, 5.74) is 0.981. The van der Waals surface area contributed by atoms with Gasteiger partial charge in [0.25, 0.3) is 0 Å². The van der Waals surface area contributed by atoms with Crippen molar-refractivity contribution in [3.05, 3.63) is 23.9 Å². The Kier molecular flexibility index (Phi) is 6.19. The molecular formula is C14H21NO3. The van der Waals surface area contributed by atoms with Gasteiger partial charge in [-0.15, -0.1) is 0 Å². The Hall–Kier alpha value is -1.58. The first kappa shape index (κ1) is 14.5. The van der Waals surface area contributed by atoms with Crippen molar-refractivity contribution in [1.29, 1.82) is 0 Å². The molecule has 0 aliphatic carbocycles. The lowest BCUT2D eigenvalue weighted by atomic mass is 9.91. The van der Waals surface area contributed by atoms with Crippen LogP contribution in [-0.2, 0) is 4.79 Å². The average molecular weight is 251 g/mol. The molecule has 4 heteroatoms. The molecule has 0 radical (unpaired) electrons. The highest BCUT2D eigenvalue weighted by Gasteiger charge is 2.15. The summed E-state index contributed by atoms with van der Waals surface area (Å²) in [4.78, 5) is 15.0. The van der Waals surface area contributed by atoms with Crippen LogP contribution < -0.4 is 4.74 Å². The molecule has 0 spiro atoms. The first-order chi connectivity index (χ1) is 8.67. The minimum Gasteiger partial charge on any atom is -0.481 e. The zero-order valence-corrected chi connectivity index (χ0v) is 11.1. The van der Waals surface area contributed by atoms with E-state index >= 15 is 0 Å². The molecule has 1 N–H and O–H groups in total. The smallest absolute Gasteiger partial charge is 0.303 e. The Morgan fingerprint density at radius 2 is 2.22 bits per heavy atom. The average Bonchev–Trinajstić information content (AvgIpc) is 2.37. The number of pyridine rings is 1. The Morgan fingerprint density at radius 1 is 1.44 bits per heavy atom. The van der Waals surface area contributed by atoms with Gasteiger partial charge in [0.15, 0.2) is 0 Å². The number of aliphatic carboxylic acids is 1. The van der Waals surface area contributed by atoms with Gasteiger partial charge in [-0.3, -0.25) is 4.79 Å². The van der Waals surface area contributed by atoms with E-state index in [1.165, 1.54) is 0 Å². The Balaban J connectivity index is 2.69. The number of nitrogens with zero attached hydrogens (tertiary/aromatic N) is 1. The summed E-state index contributed by atoms with van der Waals surface area (Å²) in [6, 6.07) is 3.69. The van der Waals surface area contributed by atoms with Crippen molar-refractivity contribution in [3.8, 4) is 5.88 Å². The lowest BCUT2D eigenvalue weighted by Crippen LogP contribution is -2.07. The Morgan fingerprint density at radius 3 is 2.72 bits per heavy atom. The van der Waals surface area contributed by atoms with Gasteiger partial charge in [-0.2, -0.15) is 0 Å². The summed E-state index contributed by atoms with van der Waals surface area (Å²) in [7, 11) is 1.57. The molecule has 1 heterocycles. The molecule has 0 fully saturated rings. The zero-order valence-electron chi connectivity index (χ0n) is 11.1. The first-order valence-corrected chi connectivity index (χ1v) is 6.39. The van der Waals surface area contributed by atoms with Gasteiger partial charge in [0.05, 0.1) is 13.5 Å². The summed E-state index contributed by atoms with van der Waals surface area (Å²) in [5, 5.41) is 8.96. The summed E-state index contributed by atoms with van der Waals surface area (Å²) in [6.45, 7) is 2.14. The van der Waals surface area contributed by atoms with Gasteiger partial charge >= 0.3 is 5.97 Å². The van der Waals surface area contributed by atoms with E-state index in [4.69, 9.17) is 9.84 Å². The number of rotatable bonds is 8. The van der Waals surface area contributed by atoms with Crippen molar-refractivity contribution in [2.45, 2.75) is 44.9 Å². The molecule has 18 heavy (non-hydrogen) atoms. The maximum atomic E-state index is 10.9. The Labute approximate surface area is 108 Å². The van der Waals surface area contributed by atoms with Crippen molar-refractivity contribution < 1.29 is 14.6 Å². The van der Waals surface area contributed by atoms with Crippen molar-refractivity contribution in [2.24, 2.45) is 0 Å². The summed E-state index contributed by atoms with van der Waals surface area (Å²) in [6.07, 6.45) is 6.12. The number of carbonyl (C=O) groups is 1. The highest BCUT2D eigenvalue weighted by atomic mass is 16.5. The predicted octanol–water partition coefficient (Wildman–Crippen LogP) is 3.23. The number of hydrogen-bond acceptors (Lipinski definition) is 3. The number of carboxylic acid groups (broad SMARTS) is 1. The standard InChI is InChI=1S/C14H21NO3/c1-3-4-5-6-11(9-14(16)17)12-7-8-13(18-2)15-10-12/h7-8,10-11H,3-6,9H2,1-2H3,(H,16,17). The van der Waals surface area contributed by atoms with E-state index in [1.807, 2.05) is 6.07 Å². The quantitative estimate of drug-likeness (QED) is 0.721. The molecule has 0 aliphatic heterocycles. The molecular weight excluding hydrogens is 230 g/mol. The minimum atomic E-state index is -0.757. The van der Waals surface area contributed by atoms with Crippen molar-refractivity contribution in [2.75, 3.05) is 7.11 Å². The first-order valence-electron chi connectivity index (χ1n) is 6.39. The summed E-state index contributed by atoms with van der Waals surface area (Å²) in [5.74, 6) is -0.152. The number of carboxylic acids is 1. The summed E-state index contributed by atoms with van der Waals surface area (Å²) < 4.78 is 5.00. The van der Waals surface area contributed by atoms with Crippen LogP contribution in [0.25, 0.3) is 0 Å². The van der Waals surface area contributed by atoms with Crippen LogP contribution in [0.1, 0.15) is 50.5 Å². The maximum Gasteiger partial charge on any atom is 0.303 e. The molecule has 1 atom stereocenters. The van der Waals surface area contributed by atoms with E-state index < -0.39 is 5.97 Å². The van der Waals surface area contributed by atoms with Crippen LogP contribution in [0.15, 0.2) is 18.3 Å². The van der Waals surface area contributed by atoms with Gasteiger partial charge < -0.3 is 9.84 Å². The second-order valence-electron chi connectivity index (χ2n) is 4.42. The second kappa shape index (κ2) is 7.69. The van der Waals surface area contributed by atoms with E-state index in [-0.39, 0.29) is 12.3 Å². The van der Waals surface area contributed by atoms with E-state index in [2.05, 4.69) is 11.9 Å². The van der Waals surface area contributed by atoms with E-state index in [0.717, 1.165) is 31.2 Å². The van der Waals surface area contributed by atoms with Gasteiger partial charge in [-0.05, 0) is 17.9 Å². The number of hydrogen-bond donors (Lipinski definition) is 1. The molecule has 0 aromatic carbocycles. The third kappa shape index (κ3) is 4.73. The van der Waals surface area contributed by atoms with Gasteiger partial charge in [0.2, 0.25) is 5.88 Å². The third-order valence-electron chi connectivity index (χ3n) is 3.02. The number of aromatic nitrogens is 1.